The molecular formula is C22H23N3O2S. The van der Waals surface area contributed by atoms with Crippen LogP contribution in [0.15, 0.2) is 47.8 Å². The molecular weight excluding hydrogens is 370 g/mol. The molecule has 6 heteroatoms. The van der Waals surface area contributed by atoms with E-state index in [1.54, 1.807) is 22.9 Å². The summed E-state index contributed by atoms with van der Waals surface area (Å²) in [4.78, 5) is 19.0. The van der Waals surface area contributed by atoms with E-state index in [4.69, 9.17) is 10.2 Å². The lowest BCUT2D eigenvalue weighted by Crippen LogP contribution is -2.42. The highest BCUT2D eigenvalue weighted by molar-refractivity contribution is 7.14. The van der Waals surface area contributed by atoms with Crippen LogP contribution in [0.3, 0.4) is 0 Å². The summed E-state index contributed by atoms with van der Waals surface area (Å²) < 4.78 is 0. The summed E-state index contributed by atoms with van der Waals surface area (Å²) >= 11 is 1.66. The van der Waals surface area contributed by atoms with Gasteiger partial charge in [-0.3, -0.25) is 10.0 Å². The van der Waals surface area contributed by atoms with Crippen LogP contribution in [-0.2, 0) is 12.0 Å². The topological polar surface area (TPSA) is 65.5 Å². The largest absolute Gasteiger partial charge is 0.343 e. The molecule has 1 amide bonds. The number of carbonyl (C=O) groups excluding carboxylic acids is 1. The van der Waals surface area contributed by atoms with E-state index >= 15 is 0 Å². The van der Waals surface area contributed by atoms with Crippen molar-refractivity contribution in [2.45, 2.75) is 32.7 Å². The summed E-state index contributed by atoms with van der Waals surface area (Å²) in [6.45, 7) is 8.00. The molecule has 0 atom stereocenters. The van der Waals surface area contributed by atoms with Gasteiger partial charge in [0.1, 0.15) is 0 Å². The highest BCUT2D eigenvalue weighted by Crippen LogP contribution is 2.38. The minimum Gasteiger partial charge on any atom is -0.343 e. The summed E-state index contributed by atoms with van der Waals surface area (Å²) in [5.41, 5.74) is 7.72. The van der Waals surface area contributed by atoms with Crippen LogP contribution in [0, 0.1) is 6.92 Å². The van der Waals surface area contributed by atoms with Crippen LogP contribution in [-0.4, -0.2) is 22.6 Å². The zero-order chi connectivity index (χ0) is 19.9. The number of carbonyl (C=O) groups is 1. The Morgan fingerprint density at radius 3 is 2.82 bits per heavy atom. The number of hydrogen-bond donors (Lipinski definition) is 2. The molecule has 5 nitrogen and oxygen atoms in total. The maximum atomic E-state index is 11.8. The van der Waals surface area contributed by atoms with E-state index in [2.05, 4.69) is 55.3 Å². The molecule has 0 unspecified atom stereocenters. The summed E-state index contributed by atoms with van der Waals surface area (Å²) in [6.07, 6.45) is 0. The first-order valence-electron chi connectivity index (χ1n) is 9.23. The molecule has 0 aliphatic carbocycles. The van der Waals surface area contributed by atoms with Gasteiger partial charge in [0, 0.05) is 35.0 Å². The first kappa shape index (κ1) is 18.7. The van der Waals surface area contributed by atoms with E-state index in [-0.39, 0.29) is 5.41 Å². The van der Waals surface area contributed by atoms with Crippen molar-refractivity contribution in [1.29, 1.82) is 0 Å². The smallest absolute Gasteiger partial charge is 0.274 e. The van der Waals surface area contributed by atoms with Gasteiger partial charge in [-0.25, -0.2) is 10.5 Å². The zero-order valence-corrected chi connectivity index (χ0v) is 17.0. The Bertz CT molecular complexity index is 1040. The second-order valence-corrected chi connectivity index (χ2v) is 8.77. The van der Waals surface area contributed by atoms with Crippen molar-refractivity contribution in [3.63, 3.8) is 0 Å². The van der Waals surface area contributed by atoms with E-state index in [0.717, 1.165) is 35.0 Å². The average molecular weight is 394 g/mol. The van der Waals surface area contributed by atoms with E-state index < -0.39 is 5.91 Å². The number of aromatic nitrogens is 1. The predicted molar refractivity (Wildman–Crippen MR) is 112 cm³/mol. The summed E-state index contributed by atoms with van der Waals surface area (Å²) in [7, 11) is 0. The second kappa shape index (κ2) is 7.04. The molecule has 0 spiro atoms. The van der Waals surface area contributed by atoms with Crippen LogP contribution in [0.4, 0.5) is 5.13 Å². The quantitative estimate of drug-likeness (QED) is 0.507. The first-order chi connectivity index (χ1) is 13.4. The highest BCUT2D eigenvalue weighted by Gasteiger charge is 2.33. The van der Waals surface area contributed by atoms with Crippen LogP contribution in [0.5, 0.6) is 0 Å². The number of anilines is 1. The lowest BCUT2D eigenvalue weighted by molar-refractivity contribution is 0.0706. The SMILES string of the molecule is Cc1cccc(-c2csc(N3Cc4ccc(C(=O)NO)cc4C(C)(C)C3)n2)c1. The van der Waals surface area contributed by atoms with Gasteiger partial charge >= 0.3 is 0 Å². The van der Waals surface area contributed by atoms with Crippen molar-refractivity contribution in [3.8, 4) is 11.3 Å². The first-order valence-corrected chi connectivity index (χ1v) is 10.1. The van der Waals surface area contributed by atoms with Gasteiger partial charge in [0.25, 0.3) is 5.91 Å². The molecule has 2 heterocycles. The summed E-state index contributed by atoms with van der Waals surface area (Å²) in [6, 6.07) is 14.0. The van der Waals surface area contributed by atoms with Crippen molar-refractivity contribution < 1.29 is 10.0 Å². The number of benzene rings is 2. The average Bonchev–Trinajstić information content (AvgIpc) is 3.17. The van der Waals surface area contributed by atoms with Crippen molar-refractivity contribution in [2.75, 3.05) is 11.4 Å². The monoisotopic (exact) mass is 393 g/mol. The molecule has 0 bridgehead atoms. The van der Waals surface area contributed by atoms with Gasteiger partial charge in [-0.1, -0.05) is 43.7 Å². The van der Waals surface area contributed by atoms with Crippen LogP contribution in [0.2, 0.25) is 0 Å². The maximum Gasteiger partial charge on any atom is 0.274 e. The Labute approximate surface area is 168 Å². The standard InChI is InChI=1S/C22H23N3O2S/c1-14-5-4-6-15(9-14)19-12-28-21(23-19)25-11-17-8-7-16(20(26)24-27)10-18(17)22(2,3)13-25/h4-10,12,27H,11,13H2,1-3H3,(H,24,26). The Hall–Kier alpha value is -2.70. The highest BCUT2D eigenvalue weighted by atomic mass is 32.1. The number of rotatable bonds is 3. The fraction of sp³-hybridized carbons (Fsp3) is 0.273. The van der Waals surface area contributed by atoms with Gasteiger partial charge < -0.3 is 4.90 Å². The summed E-state index contributed by atoms with van der Waals surface area (Å²) in [5, 5.41) is 12.0. The molecule has 0 radical (unpaired) electrons. The molecule has 3 aromatic rings. The summed E-state index contributed by atoms with van der Waals surface area (Å²) in [5.74, 6) is -0.483. The molecule has 2 aromatic carbocycles. The Kier molecular flexibility index (Phi) is 4.69. The minimum absolute atomic E-state index is 0.144. The normalized spacial score (nSPS) is 15.2. The lowest BCUT2D eigenvalue weighted by atomic mass is 9.78. The minimum atomic E-state index is -0.483. The second-order valence-electron chi connectivity index (χ2n) is 7.94. The maximum absolute atomic E-state index is 11.8. The third kappa shape index (κ3) is 3.41. The van der Waals surface area contributed by atoms with E-state index in [1.807, 2.05) is 12.1 Å². The van der Waals surface area contributed by atoms with Gasteiger partial charge in [-0.2, -0.15) is 0 Å². The Morgan fingerprint density at radius 2 is 2.07 bits per heavy atom. The molecule has 0 fully saturated rings. The van der Waals surface area contributed by atoms with Crippen molar-refractivity contribution in [2.24, 2.45) is 0 Å². The fourth-order valence-electron chi connectivity index (χ4n) is 3.86. The van der Waals surface area contributed by atoms with Crippen LogP contribution < -0.4 is 10.4 Å². The van der Waals surface area contributed by atoms with Crippen LogP contribution in [0.25, 0.3) is 11.3 Å². The van der Waals surface area contributed by atoms with Gasteiger partial charge in [0.05, 0.1) is 5.69 Å². The number of hydroxylamine groups is 1. The Morgan fingerprint density at radius 1 is 1.25 bits per heavy atom. The molecule has 144 valence electrons. The number of amides is 1. The number of fused-ring (bicyclic) bond motifs is 1. The molecule has 0 saturated heterocycles. The molecule has 4 rings (SSSR count). The third-order valence-electron chi connectivity index (χ3n) is 5.23. The molecule has 0 saturated carbocycles. The number of nitrogens with zero attached hydrogens (tertiary/aromatic N) is 2. The molecule has 1 aliphatic heterocycles. The Balaban J connectivity index is 1.65. The molecule has 1 aliphatic rings. The number of nitrogens with one attached hydrogen (secondary N) is 1. The fourth-order valence-corrected chi connectivity index (χ4v) is 4.69. The van der Waals surface area contributed by atoms with Gasteiger partial charge in [-0.15, -0.1) is 11.3 Å². The van der Waals surface area contributed by atoms with Gasteiger partial charge in [0.2, 0.25) is 0 Å². The van der Waals surface area contributed by atoms with Crippen molar-refractivity contribution in [3.05, 3.63) is 70.1 Å². The van der Waals surface area contributed by atoms with E-state index in [9.17, 15) is 4.79 Å². The van der Waals surface area contributed by atoms with Crippen LogP contribution >= 0.6 is 11.3 Å². The molecule has 2 N–H and O–H groups in total. The predicted octanol–water partition coefficient (Wildman–Crippen LogP) is 4.54. The van der Waals surface area contributed by atoms with Crippen molar-refractivity contribution in [1.82, 2.24) is 10.5 Å². The van der Waals surface area contributed by atoms with E-state index in [0.29, 0.717) is 5.56 Å². The van der Waals surface area contributed by atoms with E-state index in [1.165, 1.54) is 11.1 Å². The number of thiazole rings is 1. The van der Waals surface area contributed by atoms with Gasteiger partial charge in [-0.05, 0) is 36.2 Å². The lowest BCUT2D eigenvalue weighted by Gasteiger charge is -2.40. The van der Waals surface area contributed by atoms with Crippen molar-refractivity contribution >= 4 is 22.4 Å². The molecule has 1 aromatic heterocycles. The van der Waals surface area contributed by atoms with Gasteiger partial charge in [0.15, 0.2) is 5.13 Å². The van der Waals surface area contributed by atoms with Crippen LogP contribution in [0.1, 0.15) is 40.9 Å². The zero-order valence-electron chi connectivity index (χ0n) is 16.2. The third-order valence-corrected chi connectivity index (χ3v) is 6.13. The molecule has 28 heavy (non-hydrogen) atoms. The number of hydrogen-bond acceptors (Lipinski definition) is 5. The number of aryl methyl sites for hydroxylation is 1.